The van der Waals surface area contributed by atoms with Crippen LogP contribution in [0.5, 0.6) is 0 Å². The summed E-state index contributed by atoms with van der Waals surface area (Å²) in [7, 11) is -1.60. The maximum absolute atomic E-state index is 12.9. The second-order valence-corrected chi connectivity index (χ2v) is 10.2. The Balaban J connectivity index is 1.36. The van der Waals surface area contributed by atoms with Gasteiger partial charge in [-0.05, 0) is 47.0 Å². The van der Waals surface area contributed by atoms with Gasteiger partial charge in [-0.1, -0.05) is 35.9 Å². The van der Waals surface area contributed by atoms with Crippen molar-refractivity contribution in [1.29, 1.82) is 0 Å². The second kappa shape index (κ2) is 9.87. The van der Waals surface area contributed by atoms with Gasteiger partial charge in [0.25, 0.3) is 5.91 Å². The summed E-state index contributed by atoms with van der Waals surface area (Å²) in [5.74, 6) is -0.0882. The lowest BCUT2D eigenvalue weighted by atomic mass is 10.0. The van der Waals surface area contributed by atoms with E-state index in [0.717, 1.165) is 16.7 Å². The molecule has 2 heterocycles. The van der Waals surface area contributed by atoms with E-state index in [0.29, 0.717) is 23.7 Å². The molecule has 170 valence electrons. The molecule has 0 spiro atoms. The lowest BCUT2D eigenvalue weighted by Gasteiger charge is -2.33. The van der Waals surface area contributed by atoms with Crippen molar-refractivity contribution < 1.29 is 17.8 Å². The van der Waals surface area contributed by atoms with E-state index in [9.17, 15) is 13.2 Å². The number of hydrogen-bond donors (Lipinski definition) is 0. The zero-order valence-electron chi connectivity index (χ0n) is 18.3. The molecule has 0 saturated carbocycles. The van der Waals surface area contributed by atoms with Gasteiger partial charge in [-0.2, -0.15) is 4.31 Å². The van der Waals surface area contributed by atoms with E-state index in [1.54, 1.807) is 35.2 Å². The van der Waals surface area contributed by atoms with Crippen molar-refractivity contribution in [2.75, 3.05) is 26.2 Å². The number of nitrogens with zero attached hydrogens (tertiary/aromatic N) is 3. The van der Waals surface area contributed by atoms with E-state index in [4.69, 9.17) is 11.6 Å². The molecule has 0 radical (unpaired) electrons. The minimum Gasteiger partial charge on any atom is -0.336 e. The summed E-state index contributed by atoms with van der Waals surface area (Å²) in [5, 5.41) is 1.80. The van der Waals surface area contributed by atoms with E-state index in [1.165, 1.54) is 9.71 Å². The predicted molar refractivity (Wildman–Crippen MR) is 130 cm³/mol. The standard InChI is InChI=1S/C25H25ClN3O3S/c1-27-13-10-22(11-14-27)21-4-6-23(7-5-21)25(30)28-15-17-29(18-16-28)33(31,32)19-12-20-2-8-24(26)9-3-20/h2-14,19H,15-18H2,1H3/q+1. The van der Waals surface area contributed by atoms with Crippen molar-refractivity contribution in [3.8, 4) is 11.1 Å². The van der Waals surface area contributed by atoms with E-state index in [2.05, 4.69) is 0 Å². The van der Waals surface area contributed by atoms with Crippen LogP contribution in [-0.4, -0.2) is 49.7 Å². The number of benzene rings is 2. The van der Waals surface area contributed by atoms with Crippen LogP contribution in [-0.2, 0) is 17.1 Å². The summed E-state index contributed by atoms with van der Waals surface area (Å²) in [6, 6.07) is 18.5. The molecule has 1 saturated heterocycles. The van der Waals surface area contributed by atoms with Crippen LogP contribution < -0.4 is 4.57 Å². The highest BCUT2D eigenvalue weighted by Crippen LogP contribution is 2.20. The summed E-state index contributed by atoms with van der Waals surface area (Å²) >= 11 is 5.86. The van der Waals surface area contributed by atoms with Crippen molar-refractivity contribution >= 4 is 33.6 Å². The lowest BCUT2D eigenvalue weighted by Crippen LogP contribution is -2.50. The number of amides is 1. The van der Waals surface area contributed by atoms with Gasteiger partial charge in [-0.3, -0.25) is 4.79 Å². The molecule has 3 aromatic rings. The van der Waals surface area contributed by atoms with Gasteiger partial charge in [0.2, 0.25) is 10.0 Å². The molecule has 33 heavy (non-hydrogen) atoms. The maximum atomic E-state index is 12.9. The zero-order valence-corrected chi connectivity index (χ0v) is 19.8. The first-order chi connectivity index (χ1) is 15.8. The van der Waals surface area contributed by atoms with Crippen LogP contribution in [0.3, 0.4) is 0 Å². The topological polar surface area (TPSA) is 61.6 Å². The Morgan fingerprint density at radius 3 is 2.06 bits per heavy atom. The summed E-state index contributed by atoms with van der Waals surface area (Å²) < 4.78 is 28.7. The third kappa shape index (κ3) is 5.68. The zero-order chi connectivity index (χ0) is 23.4. The highest BCUT2D eigenvalue weighted by Gasteiger charge is 2.27. The number of carbonyl (C=O) groups is 1. The van der Waals surface area contributed by atoms with E-state index in [-0.39, 0.29) is 19.0 Å². The summed E-state index contributed by atoms with van der Waals surface area (Å²) in [6.07, 6.45) is 5.51. The quantitative estimate of drug-likeness (QED) is 0.522. The van der Waals surface area contributed by atoms with Gasteiger partial charge in [0.05, 0.1) is 0 Å². The van der Waals surface area contributed by atoms with Gasteiger partial charge >= 0.3 is 0 Å². The molecule has 1 aliphatic heterocycles. The van der Waals surface area contributed by atoms with Gasteiger partial charge in [-0.25, -0.2) is 13.0 Å². The van der Waals surface area contributed by atoms with E-state index < -0.39 is 10.0 Å². The minimum absolute atomic E-state index is 0.0882. The van der Waals surface area contributed by atoms with Crippen LogP contribution in [0.1, 0.15) is 15.9 Å². The predicted octanol–water partition coefficient (Wildman–Crippen LogP) is 3.59. The lowest BCUT2D eigenvalue weighted by molar-refractivity contribution is -0.671. The number of aryl methyl sites for hydroxylation is 1. The molecule has 1 aromatic heterocycles. The van der Waals surface area contributed by atoms with Crippen LogP contribution >= 0.6 is 11.6 Å². The molecular formula is C25H25ClN3O3S+. The van der Waals surface area contributed by atoms with Crippen LogP contribution in [0.4, 0.5) is 0 Å². The van der Waals surface area contributed by atoms with Crippen molar-refractivity contribution in [1.82, 2.24) is 9.21 Å². The van der Waals surface area contributed by atoms with Crippen LogP contribution in [0.25, 0.3) is 17.2 Å². The molecule has 4 rings (SSSR count). The maximum Gasteiger partial charge on any atom is 0.253 e. The fourth-order valence-corrected chi connectivity index (χ4v) is 4.95. The number of aromatic nitrogens is 1. The Morgan fingerprint density at radius 1 is 0.879 bits per heavy atom. The highest BCUT2D eigenvalue weighted by atomic mass is 35.5. The molecule has 0 unspecified atom stereocenters. The smallest absolute Gasteiger partial charge is 0.253 e. The third-order valence-electron chi connectivity index (χ3n) is 5.63. The molecule has 1 amide bonds. The number of carbonyl (C=O) groups excluding carboxylic acids is 1. The summed E-state index contributed by atoms with van der Waals surface area (Å²) in [6.45, 7) is 1.23. The Hall–Kier alpha value is -3.00. The Kier molecular flexibility index (Phi) is 6.93. The van der Waals surface area contributed by atoms with Crippen molar-refractivity contribution in [2.45, 2.75) is 0 Å². The van der Waals surface area contributed by atoms with Gasteiger partial charge in [0.1, 0.15) is 7.05 Å². The number of hydrogen-bond acceptors (Lipinski definition) is 3. The summed E-state index contributed by atoms with van der Waals surface area (Å²) in [5.41, 5.74) is 3.47. The van der Waals surface area contributed by atoms with Crippen molar-refractivity contribution in [3.63, 3.8) is 0 Å². The Bertz CT molecular complexity index is 1250. The summed E-state index contributed by atoms with van der Waals surface area (Å²) in [4.78, 5) is 14.6. The first-order valence-corrected chi connectivity index (χ1v) is 12.5. The molecule has 0 atom stereocenters. The molecular weight excluding hydrogens is 458 g/mol. The normalized spacial score (nSPS) is 15.2. The van der Waals surface area contributed by atoms with E-state index >= 15 is 0 Å². The van der Waals surface area contributed by atoms with Gasteiger partial charge in [0.15, 0.2) is 12.4 Å². The molecule has 2 aromatic carbocycles. The van der Waals surface area contributed by atoms with Crippen LogP contribution in [0, 0.1) is 0 Å². The average molecular weight is 483 g/mol. The largest absolute Gasteiger partial charge is 0.336 e. The first kappa shape index (κ1) is 23.2. The average Bonchev–Trinajstić information content (AvgIpc) is 2.84. The Labute approximate surface area is 199 Å². The fourth-order valence-electron chi connectivity index (χ4n) is 3.65. The van der Waals surface area contributed by atoms with Crippen LogP contribution in [0.2, 0.25) is 5.02 Å². The third-order valence-corrected chi connectivity index (χ3v) is 7.45. The molecule has 0 bridgehead atoms. The van der Waals surface area contributed by atoms with E-state index in [1.807, 2.05) is 60.4 Å². The highest BCUT2D eigenvalue weighted by molar-refractivity contribution is 7.92. The van der Waals surface area contributed by atoms with Gasteiger partial charge < -0.3 is 4.90 Å². The SMILES string of the molecule is C[n+]1ccc(-c2ccc(C(=O)N3CCN(S(=O)(=O)C=Cc4ccc(Cl)cc4)CC3)cc2)cc1. The van der Waals surface area contributed by atoms with Crippen molar-refractivity contribution in [2.24, 2.45) is 7.05 Å². The monoisotopic (exact) mass is 482 g/mol. The molecule has 8 heteroatoms. The number of halogens is 1. The molecule has 0 aliphatic carbocycles. The van der Waals surface area contributed by atoms with Gasteiger partial charge in [-0.15, -0.1) is 0 Å². The second-order valence-electron chi connectivity index (χ2n) is 7.92. The van der Waals surface area contributed by atoms with Gasteiger partial charge in [0, 0.05) is 54.3 Å². The number of pyridine rings is 1. The van der Waals surface area contributed by atoms with Crippen molar-refractivity contribution in [3.05, 3.63) is 94.6 Å². The Morgan fingerprint density at radius 2 is 1.45 bits per heavy atom. The number of sulfonamides is 1. The molecule has 1 fully saturated rings. The molecule has 1 aliphatic rings. The molecule has 0 N–H and O–H groups in total. The minimum atomic E-state index is -3.56. The van der Waals surface area contributed by atoms with Crippen LogP contribution in [0.15, 0.2) is 78.5 Å². The molecule has 6 nitrogen and oxygen atoms in total. The number of rotatable bonds is 5. The fraction of sp³-hybridized carbons (Fsp3) is 0.200. The number of piperazine rings is 1. The first-order valence-electron chi connectivity index (χ1n) is 10.6.